The van der Waals surface area contributed by atoms with Crippen LogP contribution >= 0.6 is 11.8 Å². The number of carbonyl (C=O) groups is 3. The Hall–Kier alpha value is -1.54. The summed E-state index contributed by atoms with van der Waals surface area (Å²) in [5.74, 6) is 0.630. The van der Waals surface area contributed by atoms with Gasteiger partial charge in [0, 0.05) is 37.7 Å². The van der Waals surface area contributed by atoms with Gasteiger partial charge in [0.1, 0.15) is 6.61 Å². The Morgan fingerprint density at radius 2 is 1.08 bits per heavy atom. The normalized spacial score (nSPS) is 12.1. The standard InChI is InChI=1S/C40H76N2O5S/c1-6-8-10-12-14-22-28-34-46-38(43)30-24-18-16-20-26-32-42(40(45)48-36-37(3)41(4)5)33-27-21-17-19-25-31-39(44)47-35-29-23-15-13-11-9-7-2/h22,28,37H,6-21,23-27,29-36H2,1-5H3/b28-22-. The van der Waals surface area contributed by atoms with Gasteiger partial charge in [-0.1, -0.05) is 134 Å². The number of unbranched alkanes of at least 4 members (excludes halogenated alkanes) is 18. The molecule has 48 heavy (non-hydrogen) atoms. The van der Waals surface area contributed by atoms with Crippen LogP contribution in [0.15, 0.2) is 12.2 Å². The highest BCUT2D eigenvalue weighted by Gasteiger charge is 2.16. The van der Waals surface area contributed by atoms with Gasteiger partial charge in [-0.3, -0.25) is 14.4 Å². The summed E-state index contributed by atoms with van der Waals surface area (Å²) in [7, 11) is 4.10. The van der Waals surface area contributed by atoms with Gasteiger partial charge in [-0.05, 0) is 66.0 Å². The first-order chi connectivity index (χ1) is 23.3. The Labute approximate surface area is 301 Å². The maximum Gasteiger partial charge on any atom is 0.306 e. The Balaban J connectivity index is 4.13. The molecule has 8 heteroatoms. The average Bonchev–Trinajstić information content (AvgIpc) is 3.07. The first kappa shape index (κ1) is 46.5. The van der Waals surface area contributed by atoms with Crippen molar-refractivity contribution in [2.75, 3.05) is 46.2 Å². The lowest BCUT2D eigenvalue weighted by molar-refractivity contribution is -0.144. The molecule has 0 aromatic rings. The summed E-state index contributed by atoms with van der Waals surface area (Å²) >= 11 is 1.44. The monoisotopic (exact) mass is 697 g/mol. The summed E-state index contributed by atoms with van der Waals surface area (Å²) in [4.78, 5) is 41.3. The molecule has 0 rings (SSSR count). The van der Waals surface area contributed by atoms with E-state index in [0.717, 1.165) is 102 Å². The van der Waals surface area contributed by atoms with Crippen molar-refractivity contribution in [3.05, 3.63) is 12.2 Å². The zero-order chi connectivity index (χ0) is 35.5. The van der Waals surface area contributed by atoms with Gasteiger partial charge in [-0.15, -0.1) is 0 Å². The maximum absolute atomic E-state index is 13.1. The molecule has 0 heterocycles. The summed E-state index contributed by atoms with van der Waals surface area (Å²) in [5, 5.41) is 0.185. The number of ether oxygens (including phenoxy) is 2. The second-order valence-electron chi connectivity index (χ2n) is 13.8. The zero-order valence-electron chi connectivity index (χ0n) is 32.1. The Bertz CT molecular complexity index is 792. The second kappa shape index (κ2) is 35.3. The predicted molar refractivity (Wildman–Crippen MR) is 206 cm³/mol. The molecular formula is C40H76N2O5S. The maximum atomic E-state index is 13.1. The molecule has 1 amide bonds. The van der Waals surface area contributed by atoms with E-state index >= 15 is 0 Å². The van der Waals surface area contributed by atoms with E-state index in [1.54, 1.807) is 0 Å². The van der Waals surface area contributed by atoms with Gasteiger partial charge >= 0.3 is 11.9 Å². The van der Waals surface area contributed by atoms with Crippen LogP contribution < -0.4 is 0 Å². The molecule has 7 nitrogen and oxygen atoms in total. The van der Waals surface area contributed by atoms with Crippen molar-refractivity contribution in [2.45, 2.75) is 181 Å². The minimum absolute atomic E-state index is 0.0575. The lowest BCUT2D eigenvalue weighted by Crippen LogP contribution is -2.32. The molecule has 0 fully saturated rings. The molecule has 0 bridgehead atoms. The van der Waals surface area contributed by atoms with Crippen LogP contribution in [-0.2, 0) is 19.1 Å². The number of carbonyl (C=O) groups excluding carboxylic acids is 3. The highest BCUT2D eigenvalue weighted by molar-refractivity contribution is 8.13. The van der Waals surface area contributed by atoms with Crippen molar-refractivity contribution in [3.63, 3.8) is 0 Å². The number of hydrogen-bond donors (Lipinski definition) is 0. The van der Waals surface area contributed by atoms with Crippen LogP contribution in [0.2, 0.25) is 0 Å². The van der Waals surface area contributed by atoms with E-state index in [0.29, 0.717) is 32.1 Å². The molecule has 0 radical (unpaired) electrons. The average molecular weight is 697 g/mol. The van der Waals surface area contributed by atoms with E-state index in [1.807, 2.05) is 11.0 Å². The van der Waals surface area contributed by atoms with Crippen molar-refractivity contribution >= 4 is 28.9 Å². The van der Waals surface area contributed by atoms with Crippen LogP contribution in [0.4, 0.5) is 4.79 Å². The molecule has 0 N–H and O–H groups in total. The van der Waals surface area contributed by atoms with Crippen LogP contribution in [0.1, 0.15) is 175 Å². The van der Waals surface area contributed by atoms with Gasteiger partial charge < -0.3 is 19.3 Å². The predicted octanol–water partition coefficient (Wildman–Crippen LogP) is 11.1. The SMILES string of the molecule is CCCCCC/C=C\COC(=O)CCCCCCCN(CCCCCCCC(=O)OCCCCCCCCC)C(=O)SCC(C)N(C)C. The number of nitrogens with zero attached hydrogens (tertiary/aromatic N) is 2. The van der Waals surface area contributed by atoms with Crippen LogP contribution in [0.25, 0.3) is 0 Å². The molecule has 0 spiro atoms. The topological polar surface area (TPSA) is 76.1 Å². The molecule has 0 aromatic carbocycles. The van der Waals surface area contributed by atoms with E-state index in [-0.39, 0.29) is 17.2 Å². The molecule has 282 valence electrons. The fourth-order valence-electron chi connectivity index (χ4n) is 5.34. The highest BCUT2D eigenvalue weighted by atomic mass is 32.2. The third-order valence-corrected chi connectivity index (χ3v) is 10.1. The van der Waals surface area contributed by atoms with E-state index in [2.05, 4.69) is 45.8 Å². The van der Waals surface area contributed by atoms with Gasteiger partial charge in [0.25, 0.3) is 5.24 Å². The first-order valence-electron chi connectivity index (χ1n) is 19.9. The highest BCUT2D eigenvalue weighted by Crippen LogP contribution is 2.16. The largest absolute Gasteiger partial charge is 0.466 e. The molecular weight excluding hydrogens is 621 g/mol. The van der Waals surface area contributed by atoms with E-state index < -0.39 is 0 Å². The van der Waals surface area contributed by atoms with Gasteiger partial charge in [0.15, 0.2) is 0 Å². The molecule has 0 saturated carbocycles. The first-order valence-corrected chi connectivity index (χ1v) is 20.8. The minimum atomic E-state index is -0.106. The molecule has 0 saturated heterocycles. The number of hydrogen-bond acceptors (Lipinski definition) is 7. The fraction of sp³-hybridized carbons (Fsp3) is 0.875. The Kier molecular flexibility index (Phi) is 34.2. The molecule has 0 aromatic heterocycles. The summed E-state index contributed by atoms with van der Waals surface area (Å²) in [5.41, 5.74) is 0. The minimum Gasteiger partial charge on any atom is -0.466 e. The number of esters is 2. The lowest BCUT2D eigenvalue weighted by atomic mass is 10.1. The summed E-state index contributed by atoms with van der Waals surface area (Å²) in [6, 6.07) is 0.348. The summed E-state index contributed by atoms with van der Waals surface area (Å²) < 4.78 is 10.7. The second-order valence-corrected chi connectivity index (χ2v) is 14.7. The third kappa shape index (κ3) is 31.7. The van der Waals surface area contributed by atoms with Crippen molar-refractivity contribution < 1.29 is 23.9 Å². The summed E-state index contributed by atoms with van der Waals surface area (Å²) in [6.07, 6.45) is 29.8. The van der Waals surface area contributed by atoms with Gasteiger partial charge in [0.2, 0.25) is 0 Å². The van der Waals surface area contributed by atoms with Crippen LogP contribution in [0, 0.1) is 0 Å². The summed E-state index contributed by atoms with van der Waals surface area (Å²) in [6.45, 7) is 9.13. The molecule has 0 aliphatic carbocycles. The Morgan fingerprint density at radius 3 is 1.65 bits per heavy atom. The van der Waals surface area contributed by atoms with Crippen LogP contribution in [-0.4, -0.2) is 79.2 Å². The smallest absolute Gasteiger partial charge is 0.306 e. The fourth-order valence-corrected chi connectivity index (χ4v) is 6.38. The number of allylic oxidation sites excluding steroid dienone is 1. The lowest BCUT2D eigenvalue weighted by Gasteiger charge is -2.24. The van der Waals surface area contributed by atoms with E-state index in [1.165, 1.54) is 69.5 Å². The van der Waals surface area contributed by atoms with Gasteiger partial charge in [-0.2, -0.15) is 0 Å². The van der Waals surface area contributed by atoms with Crippen LogP contribution in [0.5, 0.6) is 0 Å². The molecule has 0 aliphatic heterocycles. The van der Waals surface area contributed by atoms with E-state index in [9.17, 15) is 14.4 Å². The van der Waals surface area contributed by atoms with Crippen molar-refractivity contribution in [2.24, 2.45) is 0 Å². The number of amides is 1. The number of thioether (sulfide) groups is 1. The van der Waals surface area contributed by atoms with Crippen LogP contribution in [0.3, 0.4) is 0 Å². The number of rotatable bonds is 34. The van der Waals surface area contributed by atoms with Gasteiger partial charge in [0.05, 0.1) is 6.61 Å². The van der Waals surface area contributed by atoms with Gasteiger partial charge in [-0.25, -0.2) is 0 Å². The van der Waals surface area contributed by atoms with Crippen molar-refractivity contribution in [1.29, 1.82) is 0 Å². The Morgan fingerprint density at radius 1 is 0.604 bits per heavy atom. The van der Waals surface area contributed by atoms with Crippen molar-refractivity contribution in [1.82, 2.24) is 9.80 Å². The molecule has 0 aliphatic rings. The molecule has 1 unspecified atom stereocenters. The third-order valence-electron chi connectivity index (χ3n) is 8.95. The van der Waals surface area contributed by atoms with Crippen molar-refractivity contribution in [3.8, 4) is 0 Å². The zero-order valence-corrected chi connectivity index (χ0v) is 32.9. The quantitative estimate of drug-likeness (QED) is 0.0376. The van der Waals surface area contributed by atoms with E-state index in [4.69, 9.17) is 9.47 Å². The molecule has 1 atom stereocenters.